The predicted molar refractivity (Wildman–Crippen MR) is 79.2 cm³/mol. The minimum atomic E-state index is 0.165. The molecule has 1 aromatic carbocycles. The van der Waals surface area contributed by atoms with E-state index in [0.717, 1.165) is 36.6 Å². The van der Waals surface area contributed by atoms with E-state index in [9.17, 15) is 4.79 Å². The Morgan fingerprint density at radius 1 is 1.20 bits per heavy atom. The highest BCUT2D eigenvalue weighted by Gasteiger charge is 2.05. The minimum absolute atomic E-state index is 0.165. The van der Waals surface area contributed by atoms with Crippen molar-refractivity contribution >= 4 is 5.91 Å². The van der Waals surface area contributed by atoms with Crippen LogP contribution >= 0.6 is 0 Å². The second kappa shape index (κ2) is 8.43. The summed E-state index contributed by atoms with van der Waals surface area (Å²) in [7, 11) is 6.80. The Balaban J connectivity index is 2.34. The summed E-state index contributed by atoms with van der Waals surface area (Å²) in [5.74, 6) is 1.63. The standard InChI is InChI=1S/C15H24N2O3/c1-17(2)15(18)6-5-9-16-11-12-7-8-13(19-3)14(10-12)20-4/h7-8,10,16H,5-6,9,11H2,1-4H3. The van der Waals surface area contributed by atoms with Gasteiger partial charge >= 0.3 is 0 Å². The molecule has 20 heavy (non-hydrogen) atoms. The molecule has 0 saturated carbocycles. The molecule has 5 heteroatoms. The number of nitrogens with zero attached hydrogens (tertiary/aromatic N) is 1. The van der Waals surface area contributed by atoms with Gasteiger partial charge in [-0.05, 0) is 30.7 Å². The summed E-state index contributed by atoms with van der Waals surface area (Å²) >= 11 is 0. The maximum absolute atomic E-state index is 11.4. The lowest BCUT2D eigenvalue weighted by molar-refractivity contribution is -0.128. The molecule has 0 fully saturated rings. The zero-order valence-electron chi connectivity index (χ0n) is 12.7. The summed E-state index contributed by atoms with van der Waals surface area (Å²) in [6.45, 7) is 1.56. The van der Waals surface area contributed by atoms with Crippen LogP contribution in [0.25, 0.3) is 0 Å². The third-order valence-electron chi connectivity index (χ3n) is 3.02. The summed E-state index contributed by atoms with van der Waals surface area (Å²) in [6.07, 6.45) is 1.41. The smallest absolute Gasteiger partial charge is 0.222 e. The van der Waals surface area contributed by atoms with Gasteiger partial charge in [-0.15, -0.1) is 0 Å². The number of benzene rings is 1. The molecule has 112 valence electrons. The summed E-state index contributed by atoms with van der Waals surface area (Å²) in [6, 6.07) is 5.85. The fourth-order valence-electron chi connectivity index (χ4n) is 1.81. The Morgan fingerprint density at radius 3 is 2.50 bits per heavy atom. The normalized spacial score (nSPS) is 10.2. The number of rotatable bonds is 8. The van der Waals surface area contributed by atoms with Crippen molar-refractivity contribution in [2.45, 2.75) is 19.4 Å². The molecule has 0 atom stereocenters. The van der Waals surface area contributed by atoms with Crippen LogP contribution in [0.1, 0.15) is 18.4 Å². The molecule has 0 heterocycles. The molecule has 0 radical (unpaired) electrons. The fourth-order valence-corrected chi connectivity index (χ4v) is 1.81. The van der Waals surface area contributed by atoms with E-state index in [2.05, 4.69) is 5.32 Å². The van der Waals surface area contributed by atoms with Crippen LogP contribution in [0.5, 0.6) is 11.5 Å². The van der Waals surface area contributed by atoms with Gasteiger partial charge in [0.15, 0.2) is 11.5 Å². The molecular formula is C15H24N2O3. The zero-order valence-corrected chi connectivity index (χ0v) is 12.7. The second-order valence-corrected chi connectivity index (χ2v) is 4.76. The molecule has 0 aliphatic carbocycles. The van der Waals surface area contributed by atoms with Crippen LogP contribution in [0.4, 0.5) is 0 Å². The van der Waals surface area contributed by atoms with Gasteiger partial charge in [-0.3, -0.25) is 4.79 Å². The Hall–Kier alpha value is -1.75. The largest absolute Gasteiger partial charge is 0.493 e. The van der Waals surface area contributed by atoms with E-state index < -0.39 is 0 Å². The topological polar surface area (TPSA) is 50.8 Å². The molecule has 1 rings (SSSR count). The van der Waals surface area contributed by atoms with Crippen molar-refractivity contribution in [1.82, 2.24) is 10.2 Å². The van der Waals surface area contributed by atoms with Crippen LogP contribution in [0.2, 0.25) is 0 Å². The van der Waals surface area contributed by atoms with E-state index in [0.29, 0.717) is 6.42 Å². The van der Waals surface area contributed by atoms with Crippen LogP contribution in [0, 0.1) is 0 Å². The van der Waals surface area contributed by atoms with E-state index in [-0.39, 0.29) is 5.91 Å². The first kappa shape index (κ1) is 16.3. The number of hydrogen-bond donors (Lipinski definition) is 1. The first-order valence-corrected chi connectivity index (χ1v) is 6.70. The van der Waals surface area contributed by atoms with Gasteiger partial charge in [-0.1, -0.05) is 6.07 Å². The fraction of sp³-hybridized carbons (Fsp3) is 0.533. The average Bonchev–Trinajstić information content (AvgIpc) is 2.46. The van der Waals surface area contributed by atoms with Gasteiger partial charge < -0.3 is 19.7 Å². The Morgan fingerprint density at radius 2 is 1.90 bits per heavy atom. The second-order valence-electron chi connectivity index (χ2n) is 4.76. The number of ether oxygens (including phenoxy) is 2. The molecule has 0 saturated heterocycles. The summed E-state index contributed by atoms with van der Waals surface area (Å²) < 4.78 is 10.5. The molecule has 1 N–H and O–H groups in total. The molecule has 1 amide bonds. The van der Waals surface area contributed by atoms with Gasteiger partial charge in [-0.25, -0.2) is 0 Å². The maximum Gasteiger partial charge on any atom is 0.222 e. The lowest BCUT2D eigenvalue weighted by Crippen LogP contribution is -2.23. The van der Waals surface area contributed by atoms with Crippen LogP contribution in [-0.4, -0.2) is 45.7 Å². The van der Waals surface area contributed by atoms with Gasteiger partial charge in [0.2, 0.25) is 5.91 Å². The molecular weight excluding hydrogens is 256 g/mol. The van der Waals surface area contributed by atoms with Crippen LogP contribution in [0.3, 0.4) is 0 Å². The summed E-state index contributed by atoms with van der Waals surface area (Å²) in [4.78, 5) is 13.0. The summed E-state index contributed by atoms with van der Waals surface area (Å²) in [5, 5.41) is 3.32. The van der Waals surface area contributed by atoms with E-state index >= 15 is 0 Å². The number of carbonyl (C=O) groups excluding carboxylic acids is 1. The van der Waals surface area contributed by atoms with Crippen molar-refractivity contribution in [3.8, 4) is 11.5 Å². The van der Waals surface area contributed by atoms with Gasteiger partial charge in [0, 0.05) is 27.1 Å². The van der Waals surface area contributed by atoms with E-state index in [1.165, 1.54) is 0 Å². The van der Waals surface area contributed by atoms with Crippen molar-refractivity contribution in [2.24, 2.45) is 0 Å². The molecule has 0 aromatic heterocycles. The lowest BCUT2D eigenvalue weighted by Gasteiger charge is -2.11. The first-order valence-electron chi connectivity index (χ1n) is 6.70. The van der Waals surface area contributed by atoms with Gasteiger partial charge in [0.25, 0.3) is 0 Å². The Kier molecular flexibility index (Phi) is 6.87. The Labute approximate surface area is 120 Å². The SMILES string of the molecule is COc1ccc(CNCCCC(=O)N(C)C)cc1OC. The van der Waals surface area contributed by atoms with Crippen LogP contribution in [0.15, 0.2) is 18.2 Å². The molecule has 0 aliphatic heterocycles. The minimum Gasteiger partial charge on any atom is -0.493 e. The van der Waals surface area contributed by atoms with Crippen molar-refractivity contribution in [3.05, 3.63) is 23.8 Å². The van der Waals surface area contributed by atoms with Crippen molar-refractivity contribution < 1.29 is 14.3 Å². The first-order chi connectivity index (χ1) is 9.58. The number of nitrogens with one attached hydrogen (secondary N) is 1. The van der Waals surface area contributed by atoms with Gasteiger partial charge in [0.05, 0.1) is 14.2 Å². The average molecular weight is 280 g/mol. The highest BCUT2D eigenvalue weighted by Crippen LogP contribution is 2.27. The third-order valence-corrected chi connectivity index (χ3v) is 3.02. The van der Waals surface area contributed by atoms with E-state index in [1.54, 1.807) is 33.2 Å². The third kappa shape index (κ3) is 5.09. The van der Waals surface area contributed by atoms with E-state index in [1.807, 2.05) is 18.2 Å². The van der Waals surface area contributed by atoms with E-state index in [4.69, 9.17) is 9.47 Å². The number of amides is 1. The zero-order chi connectivity index (χ0) is 15.0. The van der Waals surface area contributed by atoms with Crippen LogP contribution < -0.4 is 14.8 Å². The molecule has 5 nitrogen and oxygen atoms in total. The highest BCUT2D eigenvalue weighted by molar-refractivity contribution is 5.75. The summed E-state index contributed by atoms with van der Waals surface area (Å²) in [5.41, 5.74) is 1.13. The number of carbonyl (C=O) groups is 1. The predicted octanol–water partition coefficient (Wildman–Crippen LogP) is 1.66. The van der Waals surface area contributed by atoms with Crippen molar-refractivity contribution in [3.63, 3.8) is 0 Å². The Bertz CT molecular complexity index is 433. The number of hydrogen-bond acceptors (Lipinski definition) is 4. The molecule has 0 unspecified atom stereocenters. The lowest BCUT2D eigenvalue weighted by atomic mass is 10.2. The maximum atomic E-state index is 11.4. The molecule has 0 aliphatic rings. The molecule has 0 bridgehead atoms. The quantitative estimate of drug-likeness (QED) is 0.736. The molecule has 0 spiro atoms. The molecule has 1 aromatic rings. The van der Waals surface area contributed by atoms with Gasteiger partial charge in [-0.2, -0.15) is 0 Å². The highest BCUT2D eigenvalue weighted by atomic mass is 16.5. The monoisotopic (exact) mass is 280 g/mol. The van der Waals surface area contributed by atoms with Crippen molar-refractivity contribution in [1.29, 1.82) is 0 Å². The van der Waals surface area contributed by atoms with Crippen LogP contribution in [-0.2, 0) is 11.3 Å². The number of methoxy groups -OCH3 is 2. The van der Waals surface area contributed by atoms with Gasteiger partial charge in [0.1, 0.15) is 0 Å². The van der Waals surface area contributed by atoms with Crippen molar-refractivity contribution in [2.75, 3.05) is 34.9 Å².